The summed E-state index contributed by atoms with van der Waals surface area (Å²) in [6.45, 7) is 7.63. The van der Waals surface area contributed by atoms with Gasteiger partial charge in [-0.3, -0.25) is 0 Å². The molecule has 0 spiro atoms. The first-order valence-corrected chi connectivity index (χ1v) is 5.11. The van der Waals surface area contributed by atoms with Gasteiger partial charge in [-0.2, -0.15) is 0 Å². The van der Waals surface area contributed by atoms with Gasteiger partial charge in [0.1, 0.15) is 0 Å². The average Bonchev–Trinajstić information content (AvgIpc) is 2.08. The molecule has 0 amide bonds. The van der Waals surface area contributed by atoms with E-state index < -0.39 is 0 Å². The average molecular weight is 168 g/mol. The Balaban J connectivity index is 2.62. The van der Waals surface area contributed by atoms with Crippen molar-refractivity contribution in [2.45, 2.75) is 46.5 Å². The van der Waals surface area contributed by atoms with E-state index in [1.165, 1.54) is 25.0 Å². The van der Waals surface area contributed by atoms with Gasteiger partial charge < -0.3 is 4.74 Å². The van der Waals surface area contributed by atoms with E-state index in [0.29, 0.717) is 0 Å². The maximum absolute atomic E-state index is 5.71. The third kappa shape index (κ3) is 2.26. The Morgan fingerprint density at radius 1 is 1.42 bits per heavy atom. The molecule has 0 N–H and O–H groups in total. The van der Waals surface area contributed by atoms with Crippen LogP contribution in [0.1, 0.15) is 46.5 Å². The van der Waals surface area contributed by atoms with Gasteiger partial charge in [-0.05, 0) is 30.8 Å². The van der Waals surface area contributed by atoms with Crippen molar-refractivity contribution in [2.24, 2.45) is 5.92 Å². The van der Waals surface area contributed by atoms with Crippen molar-refractivity contribution in [3.8, 4) is 0 Å². The van der Waals surface area contributed by atoms with Crippen molar-refractivity contribution in [1.82, 2.24) is 0 Å². The highest BCUT2D eigenvalue weighted by molar-refractivity contribution is 5.11. The Bertz CT molecular complexity index is 170. The fraction of sp³-hybridized carbons (Fsp3) is 0.818. The van der Waals surface area contributed by atoms with E-state index in [1.807, 2.05) is 0 Å². The molecule has 12 heavy (non-hydrogen) atoms. The molecule has 0 fully saturated rings. The lowest BCUT2D eigenvalue weighted by Gasteiger charge is -2.25. The Labute approximate surface area is 75.8 Å². The molecule has 0 saturated carbocycles. The maximum Gasteiger partial charge on any atom is 0.0951 e. The predicted octanol–water partition coefficient (Wildman–Crippen LogP) is 3.51. The lowest BCUT2D eigenvalue weighted by molar-refractivity contribution is 0.138. The summed E-state index contributed by atoms with van der Waals surface area (Å²) in [5.41, 5.74) is 1.55. The van der Waals surface area contributed by atoms with Gasteiger partial charge in [0.15, 0.2) is 0 Å². The van der Waals surface area contributed by atoms with E-state index in [4.69, 9.17) is 4.74 Å². The smallest absolute Gasteiger partial charge is 0.0951 e. The summed E-state index contributed by atoms with van der Waals surface area (Å²) in [5, 5.41) is 0. The minimum Gasteiger partial charge on any atom is -0.498 e. The molecule has 0 saturated heterocycles. The van der Waals surface area contributed by atoms with Crippen LogP contribution >= 0.6 is 0 Å². The van der Waals surface area contributed by atoms with Crippen LogP contribution in [0.15, 0.2) is 11.3 Å². The molecule has 0 bridgehead atoms. The minimum atomic E-state index is 0.723. The zero-order valence-electron chi connectivity index (χ0n) is 8.52. The number of rotatable bonds is 3. The van der Waals surface area contributed by atoms with Gasteiger partial charge in [-0.15, -0.1) is 0 Å². The molecule has 0 radical (unpaired) electrons. The first-order valence-electron chi connectivity index (χ1n) is 5.11. The van der Waals surface area contributed by atoms with Crippen LogP contribution in [0.25, 0.3) is 0 Å². The van der Waals surface area contributed by atoms with Gasteiger partial charge in [0.2, 0.25) is 0 Å². The Hall–Kier alpha value is -0.460. The molecule has 0 aromatic heterocycles. The lowest BCUT2D eigenvalue weighted by Crippen LogP contribution is -2.14. The predicted molar refractivity (Wildman–Crippen MR) is 52.0 cm³/mol. The van der Waals surface area contributed by atoms with E-state index in [9.17, 15) is 0 Å². The largest absolute Gasteiger partial charge is 0.498 e. The molecule has 1 aliphatic rings. The van der Waals surface area contributed by atoms with Crippen LogP contribution in [0.5, 0.6) is 0 Å². The fourth-order valence-corrected chi connectivity index (χ4v) is 1.76. The van der Waals surface area contributed by atoms with E-state index >= 15 is 0 Å². The third-order valence-electron chi connectivity index (χ3n) is 2.44. The topological polar surface area (TPSA) is 9.23 Å². The second kappa shape index (κ2) is 4.54. The van der Waals surface area contributed by atoms with Crippen molar-refractivity contribution in [2.75, 3.05) is 6.61 Å². The summed E-state index contributed by atoms with van der Waals surface area (Å²) in [4.78, 5) is 0. The highest BCUT2D eigenvalue weighted by Crippen LogP contribution is 2.27. The molecule has 1 rings (SSSR count). The van der Waals surface area contributed by atoms with Crippen molar-refractivity contribution in [3.63, 3.8) is 0 Å². The molecule has 70 valence electrons. The van der Waals surface area contributed by atoms with Crippen molar-refractivity contribution < 1.29 is 4.74 Å². The van der Waals surface area contributed by atoms with Crippen LogP contribution in [0.4, 0.5) is 0 Å². The molecular weight excluding hydrogens is 148 g/mol. The Morgan fingerprint density at radius 3 is 2.75 bits per heavy atom. The van der Waals surface area contributed by atoms with Gasteiger partial charge in [-0.25, -0.2) is 0 Å². The van der Waals surface area contributed by atoms with Crippen LogP contribution < -0.4 is 0 Å². The first-order chi connectivity index (χ1) is 5.77. The number of ether oxygens (including phenoxy) is 1. The van der Waals surface area contributed by atoms with Crippen LogP contribution in [0.2, 0.25) is 0 Å². The second-order valence-electron chi connectivity index (χ2n) is 3.75. The quantitative estimate of drug-likeness (QED) is 0.626. The summed E-state index contributed by atoms with van der Waals surface area (Å²) in [6, 6.07) is 0. The monoisotopic (exact) mass is 168 g/mol. The van der Waals surface area contributed by atoms with Gasteiger partial charge >= 0.3 is 0 Å². The Morgan fingerprint density at radius 2 is 2.17 bits per heavy atom. The van der Waals surface area contributed by atoms with Gasteiger partial charge in [0.25, 0.3) is 0 Å². The Kier molecular flexibility index (Phi) is 3.64. The van der Waals surface area contributed by atoms with Gasteiger partial charge in [0.05, 0.1) is 12.4 Å². The van der Waals surface area contributed by atoms with Crippen molar-refractivity contribution in [3.05, 3.63) is 11.3 Å². The van der Waals surface area contributed by atoms with Gasteiger partial charge in [0, 0.05) is 6.42 Å². The molecule has 1 heterocycles. The van der Waals surface area contributed by atoms with Crippen LogP contribution in [-0.2, 0) is 4.74 Å². The number of hydrogen-bond donors (Lipinski definition) is 0. The third-order valence-corrected chi connectivity index (χ3v) is 2.44. The normalized spacial score (nSPS) is 24.1. The highest BCUT2D eigenvalue weighted by atomic mass is 16.5. The zero-order valence-corrected chi connectivity index (χ0v) is 8.52. The summed E-state index contributed by atoms with van der Waals surface area (Å²) >= 11 is 0. The molecule has 1 unspecified atom stereocenters. The molecule has 0 aromatic carbocycles. The standard InChI is InChI=1S/C11H20O/c1-4-6-11-10(5-2)7-9(3)8-12-11/h9H,4-8H2,1-3H3. The van der Waals surface area contributed by atoms with E-state index in [1.54, 1.807) is 5.57 Å². The molecule has 1 nitrogen and oxygen atoms in total. The molecule has 1 atom stereocenters. The summed E-state index contributed by atoms with van der Waals surface area (Å²) in [5.74, 6) is 2.01. The zero-order chi connectivity index (χ0) is 8.97. The fourth-order valence-electron chi connectivity index (χ4n) is 1.76. The van der Waals surface area contributed by atoms with Crippen LogP contribution in [-0.4, -0.2) is 6.61 Å². The maximum atomic E-state index is 5.71. The van der Waals surface area contributed by atoms with E-state index in [0.717, 1.165) is 18.9 Å². The summed E-state index contributed by atoms with van der Waals surface area (Å²) in [7, 11) is 0. The first kappa shape index (κ1) is 9.63. The second-order valence-corrected chi connectivity index (χ2v) is 3.75. The van der Waals surface area contributed by atoms with E-state index in [2.05, 4.69) is 20.8 Å². The van der Waals surface area contributed by atoms with Crippen molar-refractivity contribution in [1.29, 1.82) is 0 Å². The van der Waals surface area contributed by atoms with Crippen molar-refractivity contribution >= 4 is 0 Å². The number of allylic oxidation sites excluding steroid dienone is 2. The molecule has 1 aliphatic heterocycles. The SMILES string of the molecule is CCCC1=C(CC)CC(C)CO1. The highest BCUT2D eigenvalue weighted by Gasteiger charge is 2.16. The molecule has 0 aromatic rings. The number of hydrogen-bond acceptors (Lipinski definition) is 1. The summed E-state index contributed by atoms with van der Waals surface area (Å²) in [6.07, 6.45) is 4.76. The summed E-state index contributed by atoms with van der Waals surface area (Å²) < 4.78 is 5.71. The molecular formula is C11H20O. The molecule has 0 aliphatic carbocycles. The molecule has 1 heteroatoms. The lowest BCUT2D eigenvalue weighted by atomic mass is 9.95. The van der Waals surface area contributed by atoms with Gasteiger partial charge in [-0.1, -0.05) is 20.8 Å². The van der Waals surface area contributed by atoms with Crippen LogP contribution in [0.3, 0.4) is 0 Å². The van der Waals surface area contributed by atoms with Crippen LogP contribution in [0, 0.1) is 5.92 Å². The minimum absolute atomic E-state index is 0.723. The van der Waals surface area contributed by atoms with E-state index in [-0.39, 0.29) is 0 Å².